The number of amides is 3. The van der Waals surface area contributed by atoms with Gasteiger partial charge in [-0.2, -0.15) is 0 Å². The molecule has 0 aliphatic carbocycles. The molecule has 0 saturated carbocycles. The van der Waals surface area contributed by atoms with Crippen molar-refractivity contribution in [2.45, 2.75) is 6.61 Å². The van der Waals surface area contributed by atoms with Crippen LogP contribution in [0.15, 0.2) is 94.3 Å². The zero-order chi connectivity index (χ0) is 26.6. The summed E-state index contributed by atoms with van der Waals surface area (Å²) in [5, 5.41) is 4.89. The zero-order valence-electron chi connectivity index (χ0n) is 19.8. The molecule has 1 N–H and O–H groups in total. The predicted molar refractivity (Wildman–Crippen MR) is 155 cm³/mol. The molecule has 38 heavy (non-hydrogen) atoms. The summed E-state index contributed by atoms with van der Waals surface area (Å²) in [7, 11) is 0. The van der Waals surface area contributed by atoms with Crippen LogP contribution in [0, 0.1) is 0 Å². The van der Waals surface area contributed by atoms with Crippen LogP contribution in [0.25, 0.3) is 16.8 Å². The SMILES string of the molecule is O=C(CN1C(=O)S/C(=C/c2ccc(OCc3cccc4ccccc34)cc2)C1=O)Nc1ccc(Br)c(Cl)c1. The van der Waals surface area contributed by atoms with Crippen LogP contribution < -0.4 is 10.1 Å². The molecule has 1 aliphatic rings. The number of nitrogens with one attached hydrogen (secondary N) is 1. The maximum Gasteiger partial charge on any atom is 0.294 e. The number of hydrogen-bond acceptors (Lipinski definition) is 5. The average molecular weight is 608 g/mol. The number of benzene rings is 4. The number of anilines is 1. The van der Waals surface area contributed by atoms with Crippen molar-refractivity contribution in [1.82, 2.24) is 4.90 Å². The number of rotatable bonds is 7. The first-order valence-electron chi connectivity index (χ1n) is 11.6. The van der Waals surface area contributed by atoms with Crippen molar-refractivity contribution in [2.75, 3.05) is 11.9 Å². The van der Waals surface area contributed by atoms with Crippen LogP contribution in [-0.2, 0) is 16.2 Å². The van der Waals surface area contributed by atoms with Crippen molar-refractivity contribution in [3.63, 3.8) is 0 Å². The highest BCUT2D eigenvalue weighted by molar-refractivity contribution is 9.10. The van der Waals surface area contributed by atoms with Gasteiger partial charge in [0.25, 0.3) is 11.1 Å². The second kappa shape index (κ2) is 11.4. The highest BCUT2D eigenvalue weighted by Crippen LogP contribution is 2.33. The Morgan fingerprint density at radius 2 is 1.76 bits per heavy atom. The molecule has 1 heterocycles. The summed E-state index contributed by atoms with van der Waals surface area (Å²) in [5.41, 5.74) is 2.29. The first kappa shape index (κ1) is 26.0. The van der Waals surface area contributed by atoms with Gasteiger partial charge in [-0.05, 0) is 86.0 Å². The third kappa shape index (κ3) is 5.93. The van der Waals surface area contributed by atoms with Gasteiger partial charge in [0.1, 0.15) is 18.9 Å². The number of imide groups is 1. The summed E-state index contributed by atoms with van der Waals surface area (Å²) in [6.07, 6.45) is 1.63. The molecule has 1 fully saturated rings. The Labute approximate surface area is 236 Å². The molecule has 3 amide bonds. The summed E-state index contributed by atoms with van der Waals surface area (Å²) in [6, 6.07) is 26.5. The Hall–Kier alpha value is -3.59. The van der Waals surface area contributed by atoms with Crippen molar-refractivity contribution < 1.29 is 19.1 Å². The maximum atomic E-state index is 12.8. The number of thioether (sulfide) groups is 1. The van der Waals surface area contributed by atoms with E-state index in [-0.39, 0.29) is 4.91 Å². The lowest BCUT2D eigenvalue weighted by molar-refractivity contribution is -0.127. The summed E-state index contributed by atoms with van der Waals surface area (Å²) in [5.74, 6) is -0.326. The molecule has 0 radical (unpaired) electrons. The third-order valence-corrected chi connectivity index (χ3v) is 7.97. The van der Waals surface area contributed by atoms with Crippen molar-refractivity contribution in [3.05, 3.63) is 110 Å². The standard InChI is InChI=1S/C29H20BrClN2O4S/c30-24-13-10-21(15-25(24)31)32-27(34)16-33-28(35)26(38-29(33)36)14-18-8-11-22(12-9-18)37-17-20-6-3-5-19-4-1-2-7-23(19)20/h1-15H,16-17H2,(H,32,34)/b26-14+. The highest BCUT2D eigenvalue weighted by atomic mass is 79.9. The number of nitrogens with zero attached hydrogens (tertiary/aromatic N) is 1. The van der Waals surface area contributed by atoms with Crippen LogP contribution in [0.4, 0.5) is 10.5 Å². The fourth-order valence-corrected chi connectivity index (χ4v) is 5.21. The van der Waals surface area contributed by atoms with E-state index in [4.69, 9.17) is 16.3 Å². The lowest BCUT2D eigenvalue weighted by atomic mass is 10.1. The minimum atomic E-state index is -0.514. The Morgan fingerprint density at radius 3 is 2.55 bits per heavy atom. The fourth-order valence-electron chi connectivity index (χ4n) is 3.95. The van der Waals surface area contributed by atoms with Gasteiger partial charge in [0, 0.05) is 10.2 Å². The number of halogens is 2. The molecule has 0 bridgehead atoms. The van der Waals surface area contributed by atoms with Crippen LogP contribution in [0.1, 0.15) is 11.1 Å². The van der Waals surface area contributed by atoms with E-state index in [1.165, 1.54) is 0 Å². The number of carbonyl (C=O) groups is 3. The Bertz CT molecular complexity index is 1580. The number of carbonyl (C=O) groups excluding carboxylic acids is 3. The quantitative estimate of drug-likeness (QED) is 0.220. The van der Waals surface area contributed by atoms with E-state index in [0.29, 0.717) is 27.5 Å². The molecule has 0 aromatic heterocycles. The minimum absolute atomic E-state index is 0.249. The molecule has 4 aromatic carbocycles. The second-order valence-corrected chi connectivity index (χ2v) is 10.7. The molecule has 0 atom stereocenters. The molecule has 1 aliphatic heterocycles. The lowest BCUT2D eigenvalue weighted by Crippen LogP contribution is -2.36. The van der Waals surface area contributed by atoms with Crippen LogP contribution in [0.3, 0.4) is 0 Å². The average Bonchev–Trinajstić information content (AvgIpc) is 3.17. The molecule has 0 spiro atoms. The van der Waals surface area contributed by atoms with Gasteiger partial charge < -0.3 is 10.1 Å². The first-order valence-corrected chi connectivity index (χ1v) is 13.6. The van der Waals surface area contributed by atoms with E-state index in [9.17, 15) is 14.4 Å². The van der Waals surface area contributed by atoms with Gasteiger partial charge in [-0.25, -0.2) is 0 Å². The van der Waals surface area contributed by atoms with E-state index < -0.39 is 23.6 Å². The molecule has 5 rings (SSSR count). The molecule has 190 valence electrons. The number of ether oxygens (including phenoxy) is 1. The van der Waals surface area contributed by atoms with E-state index in [1.54, 1.807) is 24.3 Å². The predicted octanol–water partition coefficient (Wildman–Crippen LogP) is 7.51. The largest absolute Gasteiger partial charge is 0.489 e. The molecular weight excluding hydrogens is 588 g/mol. The molecule has 1 saturated heterocycles. The summed E-state index contributed by atoms with van der Waals surface area (Å²) < 4.78 is 6.67. The molecular formula is C29H20BrClN2O4S. The van der Waals surface area contributed by atoms with Gasteiger partial charge in [0.05, 0.1) is 9.93 Å². The number of fused-ring (bicyclic) bond motifs is 1. The molecule has 9 heteroatoms. The topological polar surface area (TPSA) is 75.7 Å². The van der Waals surface area contributed by atoms with Gasteiger partial charge in [0.15, 0.2) is 0 Å². The van der Waals surface area contributed by atoms with E-state index >= 15 is 0 Å². The fraction of sp³-hybridized carbons (Fsp3) is 0.0690. The van der Waals surface area contributed by atoms with Gasteiger partial charge in [-0.1, -0.05) is 66.2 Å². The Kier molecular flexibility index (Phi) is 7.83. The minimum Gasteiger partial charge on any atom is -0.489 e. The van der Waals surface area contributed by atoms with Crippen LogP contribution in [0.5, 0.6) is 5.75 Å². The van der Waals surface area contributed by atoms with Crippen LogP contribution >= 0.6 is 39.3 Å². The van der Waals surface area contributed by atoms with Gasteiger partial charge in [-0.15, -0.1) is 0 Å². The van der Waals surface area contributed by atoms with Crippen molar-refractivity contribution in [3.8, 4) is 5.75 Å². The second-order valence-electron chi connectivity index (χ2n) is 8.44. The summed E-state index contributed by atoms with van der Waals surface area (Å²) in [6.45, 7) is 0.0325. The van der Waals surface area contributed by atoms with Crippen LogP contribution in [-0.4, -0.2) is 28.5 Å². The maximum absolute atomic E-state index is 12.8. The third-order valence-electron chi connectivity index (χ3n) is 5.83. The zero-order valence-corrected chi connectivity index (χ0v) is 23.0. The summed E-state index contributed by atoms with van der Waals surface area (Å²) in [4.78, 5) is 38.9. The monoisotopic (exact) mass is 606 g/mol. The van der Waals surface area contributed by atoms with Gasteiger partial charge in [0.2, 0.25) is 5.91 Å². The number of hydrogen-bond donors (Lipinski definition) is 1. The van der Waals surface area contributed by atoms with E-state index in [0.717, 1.165) is 38.6 Å². The van der Waals surface area contributed by atoms with Crippen molar-refractivity contribution >= 4 is 78.9 Å². The van der Waals surface area contributed by atoms with E-state index in [2.05, 4.69) is 39.4 Å². The highest BCUT2D eigenvalue weighted by Gasteiger charge is 2.36. The Balaban J connectivity index is 1.20. The van der Waals surface area contributed by atoms with Gasteiger partial charge >= 0.3 is 0 Å². The molecule has 6 nitrogen and oxygen atoms in total. The van der Waals surface area contributed by atoms with Crippen LogP contribution in [0.2, 0.25) is 5.02 Å². The van der Waals surface area contributed by atoms with Gasteiger partial charge in [-0.3, -0.25) is 19.3 Å². The van der Waals surface area contributed by atoms with Crippen molar-refractivity contribution in [1.29, 1.82) is 0 Å². The van der Waals surface area contributed by atoms with E-state index in [1.807, 2.05) is 48.5 Å². The van der Waals surface area contributed by atoms with Crippen molar-refractivity contribution in [2.24, 2.45) is 0 Å². The Morgan fingerprint density at radius 1 is 1.00 bits per heavy atom. The lowest BCUT2D eigenvalue weighted by Gasteiger charge is -2.12. The summed E-state index contributed by atoms with van der Waals surface area (Å²) >= 11 is 10.1. The smallest absolute Gasteiger partial charge is 0.294 e. The molecule has 4 aromatic rings. The first-order chi connectivity index (χ1) is 18.4. The molecule has 0 unspecified atom stereocenters. The normalized spacial score (nSPS) is 14.4.